The van der Waals surface area contributed by atoms with Crippen molar-refractivity contribution in [1.82, 2.24) is 4.98 Å². The van der Waals surface area contributed by atoms with Gasteiger partial charge in [0.05, 0.1) is 5.03 Å². The Morgan fingerprint density at radius 2 is 2.42 bits per heavy atom. The van der Waals surface area contributed by atoms with E-state index in [2.05, 4.69) is 4.98 Å². The lowest BCUT2D eigenvalue weighted by Gasteiger charge is -2.02. The average Bonchev–Trinajstić information content (AvgIpc) is 2.06. The fraction of sp³-hybridized carbons (Fsp3) is 0.143. The van der Waals surface area contributed by atoms with Gasteiger partial charge in [-0.05, 0) is 12.1 Å². The molecule has 0 aliphatic carbocycles. The Balaban J connectivity index is 2.58. The summed E-state index contributed by atoms with van der Waals surface area (Å²) in [6.45, 7) is 0. The number of rotatable bonds is 3. The van der Waals surface area contributed by atoms with Gasteiger partial charge in [-0.15, -0.1) is 0 Å². The van der Waals surface area contributed by atoms with Gasteiger partial charge in [0, 0.05) is 6.20 Å². The van der Waals surface area contributed by atoms with Crippen LogP contribution in [0.15, 0.2) is 29.4 Å². The van der Waals surface area contributed by atoms with Crippen LogP contribution in [0.4, 0.5) is 0 Å². The Bertz CT molecular complexity index is 267. The lowest BCUT2D eigenvalue weighted by molar-refractivity contribution is -0.116. The first-order valence-corrected chi connectivity index (χ1v) is 4.53. The predicted octanol–water partition coefficient (Wildman–Crippen LogP) is 1.22. The van der Waals surface area contributed by atoms with Gasteiger partial charge in [0.25, 0.3) is 0 Å². The number of hydrogen-bond acceptors (Lipinski definition) is 3. The van der Waals surface area contributed by atoms with Crippen molar-refractivity contribution in [3.05, 3.63) is 24.4 Å². The highest BCUT2D eigenvalue weighted by Crippen LogP contribution is 2.22. The zero-order valence-corrected chi connectivity index (χ0v) is 7.68. The fourth-order valence-corrected chi connectivity index (χ4v) is 1.46. The minimum Gasteiger partial charge on any atom is -0.368 e. The molecule has 0 radical (unpaired) electrons. The summed E-state index contributed by atoms with van der Waals surface area (Å²) < 4.78 is -0.750. The Morgan fingerprint density at radius 1 is 1.67 bits per heavy atom. The van der Waals surface area contributed by atoms with Gasteiger partial charge in [0.2, 0.25) is 5.91 Å². The predicted molar refractivity (Wildman–Crippen MR) is 48.9 cm³/mol. The van der Waals surface area contributed by atoms with Crippen molar-refractivity contribution in [3.8, 4) is 0 Å². The average molecular weight is 203 g/mol. The van der Waals surface area contributed by atoms with Crippen molar-refractivity contribution in [2.24, 2.45) is 5.73 Å². The molecule has 5 heteroatoms. The Labute approximate surface area is 79.3 Å². The number of thioether (sulfide) groups is 1. The highest BCUT2D eigenvalue weighted by atomic mass is 35.5. The number of primary amides is 1. The van der Waals surface area contributed by atoms with Crippen LogP contribution in [0.2, 0.25) is 0 Å². The number of hydrogen-bond donors (Lipinski definition) is 1. The van der Waals surface area contributed by atoms with Gasteiger partial charge in [-0.3, -0.25) is 4.79 Å². The molecular formula is C7H7ClN2OS. The first kappa shape index (κ1) is 9.35. The topological polar surface area (TPSA) is 56.0 Å². The van der Waals surface area contributed by atoms with Gasteiger partial charge in [-0.2, -0.15) is 0 Å². The zero-order valence-electron chi connectivity index (χ0n) is 6.11. The second-order valence-corrected chi connectivity index (χ2v) is 3.82. The normalized spacial score (nSPS) is 12.4. The van der Waals surface area contributed by atoms with E-state index in [1.807, 2.05) is 6.07 Å². The van der Waals surface area contributed by atoms with Crippen molar-refractivity contribution in [2.45, 2.75) is 9.74 Å². The number of nitrogens with two attached hydrogens (primary N) is 1. The third-order valence-electron chi connectivity index (χ3n) is 1.09. The molecule has 3 nitrogen and oxygen atoms in total. The van der Waals surface area contributed by atoms with E-state index in [0.717, 1.165) is 11.8 Å². The van der Waals surface area contributed by atoms with Gasteiger partial charge in [-0.25, -0.2) is 4.98 Å². The SMILES string of the molecule is NC(=O)C(Cl)Sc1ccccn1. The largest absolute Gasteiger partial charge is 0.368 e. The Kier molecular flexibility index (Phi) is 3.37. The van der Waals surface area contributed by atoms with E-state index < -0.39 is 10.6 Å². The highest BCUT2D eigenvalue weighted by Gasteiger charge is 2.12. The van der Waals surface area contributed by atoms with E-state index in [1.54, 1.807) is 18.3 Å². The monoisotopic (exact) mass is 202 g/mol. The minimum atomic E-state index is -0.750. The Morgan fingerprint density at radius 3 is 2.92 bits per heavy atom. The summed E-state index contributed by atoms with van der Waals surface area (Å²) in [5.74, 6) is -0.549. The molecule has 0 fully saturated rings. The van der Waals surface area contributed by atoms with Crippen molar-refractivity contribution < 1.29 is 4.79 Å². The minimum absolute atomic E-state index is 0.549. The number of alkyl halides is 1. The van der Waals surface area contributed by atoms with E-state index in [9.17, 15) is 4.79 Å². The van der Waals surface area contributed by atoms with Gasteiger partial charge >= 0.3 is 0 Å². The number of amides is 1. The van der Waals surface area contributed by atoms with Crippen LogP contribution in [0.5, 0.6) is 0 Å². The number of halogens is 1. The molecule has 0 aromatic carbocycles. The molecule has 64 valence electrons. The van der Waals surface area contributed by atoms with Gasteiger partial charge in [0.1, 0.15) is 0 Å². The lowest BCUT2D eigenvalue weighted by atomic mass is 10.5. The summed E-state index contributed by atoms with van der Waals surface area (Å²) in [5, 5.41) is 0.691. The highest BCUT2D eigenvalue weighted by molar-refractivity contribution is 8.01. The number of carbonyl (C=O) groups excluding carboxylic acids is 1. The molecule has 0 saturated heterocycles. The number of carbonyl (C=O) groups is 1. The van der Waals surface area contributed by atoms with Crippen molar-refractivity contribution in [1.29, 1.82) is 0 Å². The number of pyridine rings is 1. The molecule has 2 N–H and O–H groups in total. The van der Waals surface area contributed by atoms with Crippen molar-refractivity contribution in [3.63, 3.8) is 0 Å². The molecule has 12 heavy (non-hydrogen) atoms. The molecule has 1 heterocycles. The molecule has 0 aliphatic heterocycles. The van der Waals surface area contributed by atoms with E-state index in [-0.39, 0.29) is 0 Å². The third-order valence-corrected chi connectivity index (χ3v) is 2.49. The van der Waals surface area contributed by atoms with Crippen LogP contribution in [0, 0.1) is 0 Å². The maximum atomic E-state index is 10.5. The van der Waals surface area contributed by atoms with Crippen LogP contribution in [0.1, 0.15) is 0 Å². The standard InChI is InChI=1S/C7H7ClN2OS/c8-6(7(9)11)12-5-3-1-2-4-10-5/h1-4,6H,(H2,9,11). The molecule has 0 bridgehead atoms. The maximum Gasteiger partial charge on any atom is 0.246 e. The van der Waals surface area contributed by atoms with Crippen LogP contribution >= 0.6 is 23.4 Å². The van der Waals surface area contributed by atoms with Crippen LogP contribution in [-0.4, -0.2) is 15.6 Å². The first-order valence-electron chi connectivity index (χ1n) is 3.21. The molecule has 1 unspecified atom stereocenters. The van der Waals surface area contributed by atoms with Crippen LogP contribution < -0.4 is 5.73 Å². The molecular weight excluding hydrogens is 196 g/mol. The first-order chi connectivity index (χ1) is 5.70. The smallest absolute Gasteiger partial charge is 0.246 e. The lowest BCUT2D eigenvalue weighted by Crippen LogP contribution is -2.20. The molecule has 0 aliphatic rings. The van der Waals surface area contributed by atoms with Crippen LogP contribution in [0.25, 0.3) is 0 Å². The van der Waals surface area contributed by atoms with Gasteiger partial charge in [0.15, 0.2) is 4.71 Å². The summed E-state index contributed by atoms with van der Waals surface area (Å²) in [7, 11) is 0. The molecule has 1 amide bonds. The Hall–Kier alpha value is -0.740. The number of aromatic nitrogens is 1. The van der Waals surface area contributed by atoms with Crippen molar-refractivity contribution in [2.75, 3.05) is 0 Å². The maximum absolute atomic E-state index is 10.5. The van der Waals surface area contributed by atoms with Gasteiger partial charge in [-0.1, -0.05) is 29.4 Å². The molecule has 0 spiro atoms. The van der Waals surface area contributed by atoms with E-state index in [4.69, 9.17) is 17.3 Å². The van der Waals surface area contributed by atoms with Crippen molar-refractivity contribution >= 4 is 29.3 Å². The second kappa shape index (κ2) is 4.33. The molecule has 1 rings (SSSR count). The fourth-order valence-electron chi connectivity index (χ4n) is 0.581. The molecule has 1 aromatic rings. The van der Waals surface area contributed by atoms with Crippen LogP contribution in [0.3, 0.4) is 0 Å². The van der Waals surface area contributed by atoms with E-state index >= 15 is 0 Å². The number of nitrogens with zero attached hydrogens (tertiary/aromatic N) is 1. The van der Waals surface area contributed by atoms with E-state index in [0.29, 0.717) is 5.03 Å². The summed E-state index contributed by atoms with van der Waals surface area (Å²) in [4.78, 5) is 14.5. The second-order valence-electron chi connectivity index (χ2n) is 2.00. The van der Waals surface area contributed by atoms with Crippen LogP contribution in [-0.2, 0) is 4.79 Å². The van der Waals surface area contributed by atoms with Gasteiger partial charge < -0.3 is 5.73 Å². The molecule has 1 aromatic heterocycles. The van der Waals surface area contributed by atoms with E-state index in [1.165, 1.54) is 0 Å². The summed E-state index contributed by atoms with van der Waals surface area (Å²) >= 11 is 6.73. The summed E-state index contributed by atoms with van der Waals surface area (Å²) in [5.41, 5.74) is 4.96. The summed E-state index contributed by atoms with van der Waals surface area (Å²) in [6, 6.07) is 5.38. The quantitative estimate of drug-likeness (QED) is 0.593. The zero-order chi connectivity index (χ0) is 8.97. The molecule has 1 atom stereocenters. The molecule has 0 saturated carbocycles. The third kappa shape index (κ3) is 2.71. The summed E-state index contributed by atoms with van der Waals surface area (Å²) in [6.07, 6.45) is 1.63.